The fourth-order valence-electron chi connectivity index (χ4n) is 1.24. The Bertz CT molecular complexity index is 370. The lowest BCUT2D eigenvalue weighted by molar-refractivity contribution is -0.138. The van der Waals surface area contributed by atoms with Crippen molar-refractivity contribution in [1.29, 1.82) is 0 Å². The number of likely N-dealkylation sites (N-methyl/N-ethyl adjacent to an activating group) is 1. The van der Waals surface area contributed by atoms with Crippen LogP contribution >= 0.6 is 11.6 Å². The van der Waals surface area contributed by atoms with Crippen molar-refractivity contribution in [3.05, 3.63) is 34.6 Å². The van der Waals surface area contributed by atoms with Gasteiger partial charge in [0.05, 0.1) is 11.6 Å². The molecule has 0 unspecified atom stereocenters. The van der Waals surface area contributed by atoms with E-state index in [1.807, 2.05) is 0 Å². The highest BCUT2D eigenvalue weighted by Gasteiger charge is 2.06. The molecule has 0 bridgehead atoms. The Balaban J connectivity index is 2.64. The van der Waals surface area contributed by atoms with E-state index in [4.69, 9.17) is 16.7 Å². The third-order valence-corrected chi connectivity index (χ3v) is 2.15. The lowest BCUT2D eigenvalue weighted by atomic mass is 10.2. The molecule has 0 atom stereocenters. The van der Waals surface area contributed by atoms with Crippen molar-refractivity contribution >= 4 is 17.6 Å². The number of aliphatic carboxylic acids is 1. The molecule has 0 spiro atoms. The molecule has 0 aliphatic heterocycles. The van der Waals surface area contributed by atoms with E-state index in [1.165, 1.54) is 12.1 Å². The molecule has 1 aromatic rings. The van der Waals surface area contributed by atoms with Crippen molar-refractivity contribution in [3.63, 3.8) is 0 Å². The highest BCUT2D eigenvalue weighted by Crippen LogP contribution is 2.16. The van der Waals surface area contributed by atoms with E-state index in [1.54, 1.807) is 18.0 Å². The SMILES string of the molecule is CN(CC(=O)O)Cc1ccc(Cl)c(F)c1. The van der Waals surface area contributed by atoms with E-state index >= 15 is 0 Å². The van der Waals surface area contributed by atoms with Gasteiger partial charge in [-0.1, -0.05) is 17.7 Å². The summed E-state index contributed by atoms with van der Waals surface area (Å²) < 4.78 is 13.0. The number of carbonyl (C=O) groups is 1. The number of rotatable bonds is 4. The number of hydrogen-bond donors (Lipinski definition) is 1. The monoisotopic (exact) mass is 231 g/mol. The molecule has 1 rings (SSSR count). The number of carboxylic acids is 1. The zero-order chi connectivity index (χ0) is 11.4. The molecule has 3 nitrogen and oxygen atoms in total. The largest absolute Gasteiger partial charge is 0.480 e. The molecule has 82 valence electrons. The first-order valence-electron chi connectivity index (χ1n) is 4.33. The van der Waals surface area contributed by atoms with Gasteiger partial charge in [0.25, 0.3) is 0 Å². The summed E-state index contributed by atoms with van der Waals surface area (Å²) in [7, 11) is 1.65. The minimum atomic E-state index is -0.910. The Hall–Kier alpha value is -1.13. The number of nitrogens with zero attached hydrogens (tertiary/aromatic N) is 1. The van der Waals surface area contributed by atoms with Crippen molar-refractivity contribution in [2.45, 2.75) is 6.54 Å². The van der Waals surface area contributed by atoms with Crippen molar-refractivity contribution in [3.8, 4) is 0 Å². The molecule has 0 saturated heterocycles. The van der Waals surface area contributed by atoms with Crippen LogP contribution in [-0.4, -0.2) is 29.6 Å². The molecule has 5 heteroatoms. The van der Waals surface area contributed by atoms with Gasteiger partial charge in [-0.3, -0.25) is 9.69 Å². The summed E-state index contributed by atoms with van der Waals surface area (Å²) >= 11 is 5.52. The average molecular weight is 232 g/mol. The highest BCUT2D eigenvalue weighted by atomic mass is 35.5. The maximum Gasteiger partial charge on any atom is 0.317 e. The first-order chi connectivity index (χ1) is 6.99. The van der Waals surface area contributed by atoms with Crippen molar-refractivity contribution < 1.29 is 14.3 Å². The third kappa shape index (κ3) is 3.85. The topological polar surface area (TPSA) is 40.5 Å². The lowest BCUT2D eigenvalue weighted by Crippen LogP contribution is -2.25. The van der Waals surface area contributed by atoms with E-state index in [9.17, 15) is 9.18 Å². The fourth-order valence-corrected chi connectivity index (χ4v) is 1.35. The molecule has 0 heterocycles. The normalized spacial score (nSPS) is 10.7. The van der Waals surface area contributed by atoms with Crippen LogP contribution in [0.15, 0.2) is 18.2 Å². The Morgan fingerprint density at radius 3 is 2.80 bits per heavy atom. The van der Waals surface area contributed by atoms with E-state index in [0.717, 1.165) is 0 Å². The molecule has 0 aliphatic carbocycles. The standard InChI is InChI=1S/C10H11ClFNO2/c1-13(6-10(14)15)5-7-2-3-8(11)9(12)4-7/h2-4H,5-6H2,1H3,(H,14,15). The Morgan fingerprint density at radius 2 is 2.27 bits per heavy atom. The molecule has 1 aromatic carbocycles. The van der Waals surface area contributed by atoms with E-state index in [0.29, 0.717) is 12.1 Å². The fraction of sp³-hybridized carbons (Fsp3) is 0.300. The first kappa shape index (κ1) is 11.9. The van der Waals surface area contributed by atoms with Crippen LogP contribution in [0.3, 0.4) is 0 Å². The molecule has 0 saturated carbocycles. The Morgan fingerprint density at radius 1 is 1.60 bits per heavy atom. The predicted molar refractivity (Wildman–Crippen MR) is 55.4 cm³/mol. The van der Waals surface area contributed by atoms with Gasteiger partial charge in [0, 0.05) is 6.54 Å². The number of carboxylic acid groups (broad SMARTS) is 1. The van der Waals surface area contributed by atoms with Crippen LogP contribution in [0.2, 0.25) is 5.02 Å². The quantitative estimate of drug-likeness (QED) is 0.862. The second-order valence-corrected chi connectivity index (χ2v) is 3.72. The molecular weight excluding hydrogens is 221 g/mol. The summed E-state index contributed by atoms with van der Waals surface area (Å²) in [5.41, 5.74) is 0.695. The smallest absolute Gasteiger partial charge is 0.317 e. The van der Waals surface area contributed by atoms with Gasteiger partial charge in [-0.15, -0.1) is 0 Å². The molecule has 0 aromatic heterocycles. The van der Waals surface area contributed by atoms with Gasteiger partial charge in [0.15, 0.2) is 0 Å². The van der Waals surface area contributed by atoms with Crippen LogP contribution in [0, 0.1) is 5.82 Å². The minimum absolute atomic E-state index is 0.0691. The number of benzene rings is 1. The lowest BCUT2D eigenvalue weighted by Gasteiger charge is -2.13. The summed E-state index contributed by atoms with van der Waals surface area (Å²) in [6.45, 7) is 0.296. The van der Waals surface area contributed by atoms with Gasteiger partial charge in [-0.2, -0.15) is 0 Å². The minimum Gasteiger partial charge on any atom is -0.480 e. The van der Waals surface area contributed by atoms with E-state index in [2.05, 4.69) is 0 Å². The second kappa shape index (κ2) is 5.09. The van der Waals surface area contributed by atoms with Crippen LogP contribution in [0.1, 0.15) is 5.56 Å². The molecule has 1 N–H and O–H groups in total. The molecule has 0 radical (unpaired) electrons. The maximum atomic E-state index is 13.0. The zero-order valence-corrected chi connectivity index (χ0v) is 8.96. The highest BCUT2D eigenvalue weighted by molar-refractivity contribution is 6.30. The van der Waals surface area contributed by atoms with Crippen LogP contribution in [0.4, 0.5) is 4.39 Å². The van der Waals surface area contributed by atoms with Crippen LogP contribution < -0.4 is 0 Å². The van der Waals surface area contributed by atoms with Crippen LogP contribution in [-0.2, 0) is 11.3 Å². The Labute approximate surface area is 92.1 Å². The van der Waals surface area contributed by atoms with Crippen LogP contribution in [0.5, 0.6) is 0 Å². The van der Waals surface area contributed by atoms with Gasteiger partial charge < -0.3 is 5.11 Å². The van der Waals surface area contributed by atoms with Crippen LogP contribution in [0.25, 0.3) is 0 Å². The first-order valence-corrected chi connectivity index (χ1v) is 4.71. The molecule has 0 fully saturated rings. The Kier molecular flexibility index (Phi) is 4.05. The zero-order valence-electron chi connectivity index (χ0n) is 8.20. The summed E-state index contributed by atoms with van der Waals surface area (Å²) in [6.07, 6.45) is 0. The third-order valence-electron chi connectivity index (χ3n) is 1.84. The predicted octanol–water partition coefficient (Wildman–Crippen LogP) is 2.00. The second-order valence-electron chi connectivity index (χ2n) is 3.31. The van der Waals surface area contributed by atoms with Gasteiger partial charge in [0.1, 0.15) is 5.82 Å². The average Bonchev–Trinajstić information content (AvgIpc) is 2.10. The number of hydrogen-bond acceptors (Lipinski definition) is 2. The van der Waals surface area contributed by atoms with Gasteiger partial charge in [-0.25, -0.2) is 4.39 Å². The molecule has 0 amide bonds. The molecular formula is C10H11ClFNO2. The summed E-state index contributed by atoms with van der Waals surface area (Å²) in [5.74, 6) is -1.40. The van der Waals surface area contributed by atoms with Crippen molar-refractivity contribution in [2.75, 3.05) is 13.6 Å². The van der Waals surface area contributed by atoms with Gasteiger partial charge in [-0.05, 0) is 24.7 Å². The van der Waals surface area contributed by atoms with E-state index in [-0.39, 0.29) is 11.6 Å². The molecule has 15 heavy (non-hydrogen) atoms. The summed E-state index contributed by atoms with van der Waals surface area (Å²) in [5, 5.41) is 8.59. The number of halogens is 2. The molecule has 0 aliphatic rings. The summed E-state index contributed by atoms with van der Waals surface area (Å²) in [4.78, 5) is 12.0. The van der Waals surface area contributed by atoms with E-state index < -0.39 is 11.8 Å². The van der Waals surface area contributed by atoms with Gasteiger partial charge >= 0.3 is 5.97 Å². The van der Waals surface area contributed by atoms with Gasteiger partial charge in [0.2, 0.25) is 0 Å². The van der Waals surface area contributed by atoms with Crippen molar-refractivity contribution in [2.24, 2.45) is 0 Å². The maximum absolute atomic E-state index is 13.0. The summed E-state index contributed by atoms with van der Waals surface area (Å²) in [6, 6.07) is 4.44. The van der Waals surface area contributed by atoms with Crippen molar-refractivity contribution in [1.82, 2.24) is 4.90 Å².